The van der Waals surface area contributed by atoms with E-state index in [9.17, 15) is 21.6 Å². The molecular weight excluding hydrogens is 417 g/mol. The number of halogens is 4. The van der Waals surface area contributed by atoms with Crippen LogP contribution in [0.5, 0.6) is 0 Å². The number of nitrogens with one attached hydrogen (secondary N) is 1. The standard InChI is InChI=1S/C18H18ClF3N2O3S/c1-8-17(28(2,25)26)24-16(23-8)15(9-3-4-14(20)13(19)5-9)27-10-6-11-12(7-10)18(11,21)22/h3-5,10-12,15H,6-7H2,1-2H3,(H,23,24). The van der Waals surface area contributed by atoms with E-state index in [1.807, 2.05) is 0 Å². The Kier molecular flexibility index (Phi) is 4.55. The lowest BCUT2D eigenvalue weighted by atomic mass is 10.1. The Bertz CT molecular complexity index is 1030. The molecule has 1 aromatic carbocycles. The quantitative estimate of drug-likeness (QED) is 0.770. The highest BCUT2D eigenvalue weighted by atomic mass is 35.5. The molecule has 2 aromatic rings. The van der Waals surface area contributed by atoms with E-state index in [-0.39, 0.29) is 28.7 Å². The number of imidazole rings is 1. The maximum atomic E-state index is 13.6. The monoisotopic (exact) mass is 434 g/mol. The van der Waals surface area contributed by atoms with E-state index in [0.717, 1.165) is 6.26 Å². The van der Waals surface area contributed by atoms with Gasteiger partial charge in [0.15, 0.2) is 14.9 Å². The molecule has 10 heteroatoms. The van der Waals surface area contributed by atoms with Gasteiger partial charge in [-0.15, -0.1) is 0 Å². The fraction of sp³-hybridized carbons (Fsp3) is 0.500. The number of fused-ring (bicyclic) bond motifs is 1. The van der Waals surface area contributed by atoms with Crippen LogP contribution >= 0.6 is 11.6 Å². The molecular formula is C18H18ClF3N2O3S. The van der Waals surface area contributed by atoms with Crippen molar-refractivity contribution in [3.63, 3.8) is 0 Å². The number of hydrogen-bond donors (Lipinski definition) is 1. The fourth-order valence-electron chi connectivity index (χ4n) is 4.00. The first kappa shape index (κ1) is 19.7. The Morgan fingerprint density at radius 2 is 1.96 bits per heavy atom. The molecule has 0 radical (unpaired) electrons. The second-order valence-corrected chi connectivity index (χ2v) is 9.83. The first-order chi connectivity index (χ1) is 13.0. The highest BCUT2D eigenvalue weighted by Crippen LogP contribution is 2.64. The molecule has 1 aromatic heterocycles. The van der Waals surface area contributed by atoms with Crippen molar-refractivity contribution in [3.8, 4) is 0 Å². The molecule has 1 N–H and O–H groups in total. The van der Waals surface area contributed by atoms with Crippen molar-refractivity contribution in [2.45, 2.75) is 42.9 Å². The van der Waals surface area contributed by atoms with E-state index in [0.29, 0.717) is 11.3 Å². The lowest BCUT2D eigenvalue weighted by Crippen LogP contribution is -2.20. The first-order valence-corrected chi connectivity index (χ1v) is 11.0. The minimum atomic E-state index is -3.57. The molecule has 2 fully saturated rings. The van der Waals surface area contributed by atoms with Crippen molar-refractivity contribution >= 4 is 21.4 Å². The van der Waals surface area contributed by atoms with Gasteiger partial charge >= 0.3 is 0 Å². The van der Waals surface area contributed by atoms with Gasteiger partial charge in [-0.05, 0) is 37.5 Å². The predicted octanol–water partition coefficient (Wildman–Crippen LogP) is 4.06. The molecule has 0 aliphatic heterocycles. The molecule has 1 heterocycles. The normalized spacial score (nSPS) is 26.9. The summed E-state index contributed by atoms with van der Waals surface area (Å²) in [5, 5.41) is -0.247. The van der Waals surface area contributed by atoms with Crippen molar-refractivity contribution in [2.75, 3.05) is 6.26 Å². The van der Waals surface area contributed by atoms with Crippen LogP contribution in [0.3, 0.4) is 0 Å². The maximum absolute atomic E-state index is 13.6. The van der Waals surface area contributed by atoms with Gasteiger partial charge in [-0.2, -0.15) is 0 Å². The summed E-state index contributed by atoms with van der Waals surface area (Å²) >= 11 is 5.88. The number of benzene rings is 1. The molecule has 0 saturated heterocycles. The van der Waals surface area contributed by atoms with Crippen LogP contribution in [-0.2, 0) is 14.6 Å². The predicted molar refractivity (Wildman–Crippen MR) is 95.7 cm³/mol. The zero-order valence-electron chi connectivity index (χ0n) is 15.0. The van der Waals surface area contributed by atoms with E-state index in [1.54, 1.807) is 6.92 Å². The average Bonchev–Trinajstić information content (AvgIpc) is 3.00. The average molecular weight is 435 g/mol. The Hall–Kier alpha value is -1.58. The maximum Gasteiger partial charge on any atom is 0.254 e. The van der Waals surface area contributed by atoms with Gasteiger partial charge in [-0.3, -0.25) is 0 Å². The van der Waals surface area contributed by atoms with Gasteiger partial charge in [0.1, 0.15) is 17.7 Å². The Morgan fingerprint density at radius 3 is 2.50 bits per heavy atom. The first-order valence-electron chi connectivity index (χ1n) is 8.73. The highest BCUT2D eigenvalue weighted by molar-refractivity contribution is 7.90. The molecule has 0 amide bonds. The van der Waals surface area contributed by atoms with Gasteiger partial charge in [0.05, 0.1) is 16.8 Å². The summed E-state index contributed by atoms with van der Waals surface area (Å²) in [4.78, 5) is 7.05. The van der Waals surface area contributed by atoms with Gasteiger partial charge in [0.2, 0.25) is 0 Å². The number of hydrogen-bond acceptors (Lipinski definition) is 4. The summed E-state index contributed by atoms with van der Waals surface area (Å²) in [5.74, 6) is -4.40. The molecule has 4 rings (SSSR count). The summed E-state index contributed by atoms with van der Waals surface area (Å²) in [7, 11) is -3.57. The summed E-state index contributed by atoms with van der Waals surface area (Å²) in [6.45, 7) is 1.56. The third-order valence-corrected chi connectivity index (χ3v) is 6.82. The number of aryl methyl sites for hydroxylation is 1. The van der Waals surface area contributed by atoms with Crippen LogP contribution < -0.4 is 0 Å². The largest absolute Gasteiger partial charge is 0.362 e. The summed E-state index contributed by atoms with van der Waals surface area (Å²) < 4.78 is 70.4. The van der Waals surface area contributed by atoms with E-state index >= 15 is 0 Å². The fourth-order valence-corrected chi connectivity index (χ4v) is 5.06. The molecule has 3 atom stereocenters. The van der Waals surface area contributed by atoms with Gasteiger partial charge < -0.3 is 9.72 Å². The second kappa shape index (κ2) is 6.47. The van der Waals surface area contributed by atoms with Gasteiger partial charge in [0.25, 0.3) is 5.92 Å². The molecule has 0 bridgehead atoms. The van der Waals surface area contributed by atoms with E-state index in [1.165, 1.54) is 18.2 Å². The number of alkyl halides is 2. The molecule has 2 aliphatic rings. The number of sulfone groups is 1. The number of H-pyrrole nitrogens is 1. The van der Waals surface area contributed by atoms with Crippen molar-refractivity contribution < 1.29 is 26.3 Å². The van der Waals surface area contributed by atoms with Crippen LogP contribution in [0.25, 0.3) is 0 Å². The Morgan fingerprint density at radius 1 is 1.32 bits per heavy atom. The third kappa shape index (κ3) is 3.33. The summed E-state index contributed by atoms with van der Waals surface area (Å²) in [6.07, 6.45) is 0.139. The molecule has 2 aliphatic carbocycles. The van der Waals surface area contributed by atoms with Crippen molar-refractivity contribution in [1.29, 1.82) is 0 Å². The van der Waals surface area contributed by atoms with Crippen LogP contribution in [0.15, 0.2) is 23.2 Å². The van der Waals surface area contributed by atoms with Gasteiger partial charge in [0, 0.05) is 18.1 Å². The highest BCUT2D eigenvalue weighted by Gasteiger charge is 2.71. The number of ether oxygens (including phenoxy) is 1. The molecule has 28 heavy (non-hydrogen) atoms. The minimum Gasteiger partial charge on any atom is -0.362 e. The van der Waals surface area contributed by atoms with Gasteiger partial charge in [-0.1, -0.05) is 17.7 Å². The Balaban J connectivity index is 1.67. The number of rotatable bonds is 5. The van der Waals surface area contributed by atoms with Crippen molar-refractivity contribution in [1.82, 2.24) is 9.97 Å². The topological polar surface area (TPSA) is 72.0 Å². The number of aromatic amines is 1. The number of aromatic nitrogens is 2. The van der Waals surface area contributed by atoms with Crippen LogP contribution in [0.2, 0.25) is 5.02 Å². The molecule has 0 spiro atoms. The Labute approximate surface area is 165 Å². The van der Waals surface area contributed by atoms with Crippen LogP contribution in [-0.4, -0.2) is 36.7 Å². The third-order valence-electron chi connectivity index (χ3n) is 5.43. The van der Waals surface area contributed by atoms with Crippen LogP contribution in [0, 0.1) is 24.6 Å². The van der Waals surface area contributed by atoms with Crippen LogP contribution in [0.4, 0.5) is 13.2 Å². The van der Waals surface area contributed by atoms with Crippen molar-refractivity contribution in [3.05, 3.63) is 46.1 Å². The number of nitrogens with zero attached hydrogens (tertiary/aromatic N) is 1. The molecule has 3 unspecified atom stereocenters. The van der Waals surface area contributed by atoms with E-state index in [2.05, 4.69) is 9.97 Å². The molecule has 2 saturated carbocycles. The zero-order valence-corrected chi connectivity index (χ0v) is 16.6. The minimum absolute atomic E-state index is 0.120. The van der Waals surface area contributed by atoms with E-state index in [4.69, 9.17) is 16.3 Å². The van der Waals surface area contributed by atoms with Crippen molar-refractivity contribution in [2.24, 2.45) is 11.8 Å². The summed E-state index contributed by atoms with van der Waals surface area (Å²) in [6, 6.07) is 3.99. The van der Waals surface area contributed by atoms with E-state index < -0.39 is 45.6 Å². The SMILES string of the molecule is Cc1[nH]c(C(OC2CC3C(C2)C3(F)F)c2ccc(F)c(Cl)c2)nc1S(C)(=O)=O. The lowest BCUT2D eigenvalue weighted by Gasteiger charge is -2.23. The summed E-state index contributed by atoms with van der Waals surface area (Å²) in [5.41, 5.74) is 0.785. The molecule has 152 valence electrons. The molecule has 5 nitrogen and oxygen atoms in total. The second-order valence-electron chi connectivity index (χ2n) is 7.49. The zero-order chi connectivity index (χ0) is 20.4. The van der Waals surface area contributed by atoms with Crippen LogP contribution in [0.1, 0.15) is 36.0 Å². The van der Waals surface area contributed by atoms with Gasteiger partial charge in [-0.25, -0.2) is 26.6 Å². The lowest BCUT2D eigenvalue weighted by molar-refractivity contribution is -0.0267. The smallest absolute Gasteiger partial charge is 0.254 e.